The van der Waals surface area contributed by atoms with Crippen LogP contribution in [0.1, 0.15) is 25.1 Å². The average Bonchev–Trinajstić information content (AvgIpc) is 2.87. The molecule has 0 atom stereocenters. The molecule has 0 aliphatic carbocycles. The third-order valence-corrected chi connectivity index (χ3v) is 4.61. The standard InChI is InChI=1S/C14H19N5S/c1-7(2)6-15-13-12-11(18-19(13)5)10-8(3)9(4)16-17-14(10)20-12/h7,15H,6H2,1-5H3. The maximum absolute atomic E-state index is 4.68. The van der Waals surface area contributed by atoms with Gasteiger partial charge in [-0.2, -0.15) is 10.2 Å². The maximum atomic E-state index is 4.68. The van der Waals surface area contributed by atoms with Crippen LogP contribution < -0.4 is 5.32 Å². The highest BCUT2D eigenvalue weighted by Crippen LogP contribution is 2.38. The number of nitrogens with zero attached hydrogens (tertiary/aromatic N) is 4. The molecule has 6 heteroatoms. The van der Waals surface area contributed by atoms with Gasteiger partial charge < -0.3 is 5.32 Å². The highest BCUT2D eigenvalue weighted by atomic mass is 32.1. The van der Waals surface area contributed by atoms with Crippen LogP contribution in [0.25, 0.3) is 20.4 Å². The molecule has 0 saturated heterocycles. The first kappa shape index (κ1) is 13.3. The highest BCUT2D eigenvalue weighted by Gasteiger charge is 2.18. The van der Waals surface area contributed by atoms with Crippen molar-refractivity contribution in [2.45, 2.75) is 27.7 Å². The van der Waals surface area contributed by atoms with E-state index in [9.17, 15) is 0 Å². The summed E-state index contributed by atoms with van der Waals surface area (Å²) >= 11 is 1.66. The molecule has 0 aliphatic heterocycles. The van der Waals surface area contributed by atoms with Crippen LogP contribution in [0.5, 0.6) is 0 Å². The molecule has 20 heavy (non-hydrogen) atoms. The van der Waals surface area contributed by atoms with E-state index in [-0.39, 0.29) is 0 Å². The fourth-order valence-electron chi connectivity index (χ4n) is 2.29. The fraction of sp³-hybridized carbons (Fsp3) is 0.500. The smallest absolute Gasteiger partial charge is 0.149 e. The molecule has 0 fully saturated rings. The lowest BCUT2D eigenvalue weighted by atomic mass is 10.1. The molecule has 0 unspecified atom stereocenters. The van der Waals surface area contributed by atoms with Crippen molar-refractivity contribution in [2.24, 2.45) is 13.0 Å². The van der Waals surface area contributed by atoms with Gasteiger partial charge in [0, 0.05) is 19.0 Å². The molecule has 0 aliphatic rings. The summed E-state index contributed by atoms with van der Waals surface area (Å²) in [6.07, 6.45) is 0. The lowest BCUT2D eigenvalue weighted by molar-refractivity contribution is 0.677. The number of anilines is 1. The van der Waals surface area contributed by atoms with Crippen LogP contribution in [0.15, 0.2) is 0 Å². The van der Waals surface area contributed by atoms with Gasteiger partial charge in [-0.05, 0) is 25.3 Å². The summed E-state index contributed by atoms with van der Waals surface area (Å²) in [5.41, 5.74) is 3.18. The number of fused-ring (bicyclic) bond motifs is 3. The molecular weight excluding hydrogens is 270 g/mol. The van der Waals surface area contributed by atoms with Crippen molar-refractivity contribution in [3.05, 3.63) is 11.3 Å². The first-order chi connectivity index (χ1) is 9.49. The SMILES string of the molecule is Cc1nnc2sc3c(NCC(C)C)n(C)nc3c2c1C. The molecule has 5 nitrogen and oxygen atoms in total. The molecule has 1 N–H and O–H groups in total. The summed E-state index contributed by atoms with van der Waals surface area (Å²) in [4.78, 5) is 0.971. The van der Waals surface area contributed by atoms with Crippen molar-refractivity contribution in [2.75, 3.05) is 11.9 Å². The van der Waals surface area contributed by atoms with Gasteiger partial charge in [-0.15, -0.1) is 16.4 Å². The van der Waals surface area contributed by atoms with Crippen molar-refractivity contribution in [3.8, 4) is 0 Å². The summed E-state index contributed by atoms with van der Waals surface area (Å²) in [6.45, 7) is 9.42. The molecule has 0 amide bonds. The Labute approximate surface area is 122 Å². The zero-order valence-corrected chi connectivity index (χ0v) is 13.3. The second-order valence-corrected chi connectivity index (χ2v) is 6.62. The number of hydrogen-bond donors (Lipinski definition) is 1. The van der Waals surface area contributed by atoms with Gasteiger partial charge in [0.25, 0.3) is 0 Å². The molecular formula is C14H19N5S. The molecule has 3 aromatic rings. The van der Waals surface area contributed by atoms with Crippen molar-refractivity contribution < 1.29 is 0 Å². The number of thiophene rings is 1. The Kier molecular flexibility index (Phi) is 3.12. The summed E-state index contributed by atoms with van der Waals surface area (Å²) < 4.78 is 3.10. The molecule has 3 rings (SSSR count). The number of aryl methyl sites for hydroxylation is 3. The van der Waals surface area contributed by atoms with E-state index in [4.69, 9.17) is 0 Å². The summed E-state index contributed by atoms with van der Waals surface area (Å²) in [6, 6.07) is 0. The predicted molar refractivity (Wildman–Crippen MR) is 84.5 cm³/mol. The minimum atomic E-state index is 0.595. The van der Waals surface area contributed by atoms with Gasteiger partial charge in [0.05, 0.1) is 10.4 Å². The van der Waals surface area contributed by atoms with Crippen molar-refractivity contribution in [1.82, 2.24) is 20.0 Å². The molecule has 3 aromatic heterocycles. The second-order valence-electron chi connectivity index (χ2n) is 5.62. The van der Waals surface area contributed by atoms with Gasteiger partial charge >= 0.3 is 0 Å². The Hall–Kier alpha value is -1.69. The van der Waals surface area contributed by atoms with Crippen LogP contribution in [0.4, 0.5) is 5.82 Å². The quantitative estimate of drug-likeness (QED) is 0.804. The lowest BCUT2D eigenvalue weighted by Crippen LogP contribution is -2.11. The Morgan fingerprint density at radius 3 is 2.70 bits per heavy atom. The van der Waals surface area contributed by atoms with Crippen LogP contribution in [0.3, 0.4) is 0 Å². The number of hydrogen-bond acceptors (Lipinski definition) is 5. The van der Waals surface area contributed by atoms with Crippen molar-refractivity contribution in [3.63, 3.8) is 0 Å². The van der Waals surface area contributed by atoms with E-state index in [0.717, 1.165) is 33.8 Å². The maximum Gasteiger partial charge on any atom is 0.149 e. The van der Waals surface area contributed by atoms with E-state index in [2.05, 4.69) is 41.4 Å². The van der Waals surface area contributed by atoms with Crippen LogP contribution in [-0.4, -0.2) is 26.5 Å². The third-order valence-electron chi connectivity index (χ3n) is 3.54. The first-order valence-corrected chi connectivity index (χ1v) is 7.63. The largest absolute Gasteiger partial charge is 0.369 e. The molecule has 0 aromatic carbocycles. The van der Waals surface area contributed by atoms with E-state index < -0.39 is 0 Å². The van der Waals surface area contributed by atoms with Gasteiger partial charge in [-0.1, -0.05) is 13.8 Å². The molecule has 0 saturated carbocycles. The predicted octanol–water partition coefficient (Wildman–Crippen LogP) is 3.26. The molecule has 0 spiro atoms. The van der Waals surface area contributed by atoms with Gasteiger partial charge in [0.15, 0.2) is 0 Å². The molecule has 106 valence electrons. The van der Waals surface area contributed by atoms with Crippen LogP contribution >= 0.6 is 11.3 Å². The minimum Gasteiger partial charge on any atom is -0.369 e. The summed E-state index contributed by atoms with van der Waals surface area (Å²) in [7, 11) is 1.98. The number of nitrogens with one attached hydrogen (secondary N) is 1. The third kappa shape index (κ3) is 1.95. The summed E-state index contributed by atoms with van der Waals surface area (Å²) in [5, 5.41) is 17.8. The fourth-order valence-corrected chi connectivity index (χ4v) is 3.46. The Morgan fingerprint density at radius 1 is 1.25 bits per heavy atom. The van der Waals surface area contributed by atoms with E-state index in [0.29, 0.717) is 5.92 Å². The zero-order chi connectivity index (χ0) is 14.4. The second kappa shape index (κ2) is 4.70. The number of rotatable bonds is 3. The van der Waals surface area contributed by atoms with E-state index in [1.807, 2.05) is 18.7 Å². The lowest BCUT2D eigenvalue weighted by Gasteiger charge is -2.08. The van der Waals surface area contributed by atoms with E-state index in [1.54, 1.807) is 11.3 Å². The Bertz CT molecular complexity index is 784. The minimum absolute atomic E-state index is 0.595. The topological polar surface area (TPSA) is 55.6 Å². The van der Waals surface area contributed by atoms with E-state index in [1.165, 1.54) is 10.3 Å². The zero-order valence-electron chi connectivity index (χ0n) is 12.5. The summed E-state index contributed by atoms with van der Waals surface area (Å²) in [5.74, 6) is 1.67. The van der Waals surface area contributed by atoms with Gasteiger partial charge in [-0.25, -0.2) is 0 Å². The van der Waals surface area contributed by atoms with E-state index >= 15 is 0 Å². The normalized spacial score (nSPS) is 11.9. The van der Waals surface area contributed by atoms with Crippen LogP contribution in [0.2, 0.25) is 0 Å². The van der Waals surface area contributed by atoms with Crippen LogP contribution in [-0.2, 0) is 7.05 Å². The Morgan fingerprint density at radius 2 is 2.00 bits per heavy atom. The molecule has 0 bridgehead atoms. The van der Waals surface area contributed by atoms with Gasteiger partial charge in [0.1, 0.15) is 16.2 Å². The monoisotopic (exact) mass is 289 g/mol. The van der Waals surface area contributed by atoms with Crippen molar-refractivity contribution in [1.29, 1.82) is 0 Å². The molecule has 3 heterocycles. The average molecular weight is 289 g/mol. The Balaban J connectivity index is 2.23. The van der Waals surface area contributed by atoms with Crippen LogP contribution in [0, 0.1) is 19.8 Å². The van der Waals surface area contributed by atoms with Crippen molar-refractivity contribution >= 4 is 37.6 Å². The van der Waals surface area contributed by atoms with Gasteiger partial charge in [-0.3, -0.25) is 4.68 Å². The number of aromatic nitrogens is 4. The van der Waals surface area contributed by atoms with Gasteiger partial charge in [0.2, 0.25) is 0 Å². The highest BCUT2D eigenvalue weighted by molar-refractivity contribution is 7.26. The molecule has 0 radical (unpaired) electrons. The first-order valence-electron chi connectivity index (χ1n) is 6.82.